The van der Waals surface area contributed by atoms with E-state index in [1.54, 1.807) is 19.2 Å². The first-order valence-corrected chi connectivity index (χ1v) is 9.85. The lowest BCUT2D eigenvalue weighted by atomic mass is 10.1. The minimum Gasteiger partial charge on any atom is -0.383 e. The van der Waals surface area contributed by atoms with Crippen molar-refractivity contribution in [1.29, 1.82) is 0 Å². The minimum atomic E-state index is -0.367. The Labute approximate surface area is 175 Å². The van der Waals surface area contributed by atoms with Crippen LogP contribution in [0.5, 0.6) is 0 Å². The molecule has 162 valence electrons. The molecule has 0 atom stereocenters. The molecule has 3 rings (SSSR count). The molecule has 2 N–H and O–H groups in total. The van der Waals surface area contributed by atoms with Crippen LogP contribution in [0.2, 0.25) is 0 Å². The van der Waals surface area contributed by atoms with Crippen LogP contribution in [0.25, 0.3) is 0 Å². The molecule has 0 saturated carbocycles. The van der Waals surface area contributed by atoms with Gasteiger partial charge in [-0.05, 0) is 18.2 Å². The van der Waals surface area contributed by atoms with Gasteiger partial charge in [-0.15, -0.1) is 0 Å². The van der Waals surface area contributed by atoms with E-state index in [4.69, 9.17) is 4.74 Å². The number of carbonyl (C=O) groups excluding carboxylic acids is 4. The second-order valence-corrected chi connectivity index (χ2v) is 7.37. The molecule has 30 heavy (non-hydrogen) atoms. The Kier molecular flexibility index (Phi) is 7.14. The molecule has 1 aromatic carbocycles. The molecule has 0 bridgehead atoms. The van der Waals surface area contributed by atoms with Crippen LogP contribution in [0.15, 0.2) is 18.2 Å². The van der Waals surface area contributed by atoms with Gasteiger partial charge in [0.1, 0.15) is 0 Å². The average Bonchev–Trinajstić information content (AvgIpc) is 2.93. The number of carbonyl (C=O) groups is 4. The molecule has 0 aliphatic carbocycles. The third-order valence-electron chi connectivity index (χ3n) is 5.20. The zero-order valence-corrected chi connectivity index (χ0v) is 17.3. The summed E-state index contributed by atoms with van der Waals surface area (Å²) in [4.78, 5) is 53.4. The van der Waals surface area contributed by atoms with Crippen LogP contribution in [0, 0.1) is 0 Å². The molecule has 0 spiro atoms. The lowest BCUT2D eigenvalue weighted by molar-refractivity contribution is -0.123. The fourth-order valence-electron chi connectivity index (χ4n) is 3.50. The van der Waals surface area contributed by atoms with E-state index >= 15 is 0 Å². The molecule has 10 heteroatoms. The van der Waals surface area contributed by atoms with E-state index in [-0.39, 0.29) is 30.2 Å². The van der Waals surface area contributed by atoms with Crippen LogP contribution in [-0.4, -0.2) is 105 Å². The summed E-state index contributed by atoms with van der Waals surface area (Å²) < 4.78 is 4.91. The predicted molar refractivity (Wildman–Crippen MR) is 109 cm³/mol. The van der Waals surface area contributed by atoms with E-state index in [2.05, 4.69) is 15.5 Å². The summed E-state index contributed by atoms with van der Waals surface area (Å²) in [7, 11) is 3.02. The molecule has 1 saturated heterocycles. The smallest absolute Gasteiger partial charge is 0.261 e. The van der Waals surface area contributed by atoms with Crippen LogP contribution < -0.4 is 10.6 Å². The molecular formula is C20H27N5O5. The van der Waals surface area contributed by atoms with Crippen LogP contribution in [0.1, 0.15) is 20.7 Å². The number of anilines is 1. The van der Waals surface area contributed by atoms with E-state index in [0.29, 0.717) is 62.7 Å². The molecule has 1 fully saturated rings. The number of hydrogen-bond acceptors (Lipinski definition) is 7. The third kappa shape index (κ3) is 5.21. The van der Waals surface area contributed by atoms with Crippen molar-refractivity contribution in [2.45, 2.75) is 0 Å². The number of piperazine rings is 1. The quantitative estimate of drug-likeness (QED) is 0.422. The zero-order chi connectivity index (χ0) is 21.7. The van der Waals surface area contributed by atoms with Gasteiger partial charge in [-0.2, -0.15) is 0 Å². The molecule has 2 aliphatic rings. The maximum Gasteiger partial charge on any atom is 0.261 e. The fraction of sp³-hybridized carbons (Fsp3) is 0.500. The summed E-state index contributed by atoms with van der Waals surface area (Å²) in [6.07, 6.45) is 0. The Hall–Kier alpha value is -2.82. The predicted octanol–water partition coefficient (Wildman–Crippen LogP) is -0.769. The molecule has 0 aromatic heterocycles. The van der Waals surface area contributed by atoms with E-state index in [1.165, 1.54) is 13.1 Å². The van der Waals surface area contributed by atoms with Crippen molar-refractivity contribution in [2.24, 2.45) is 0 Å². The Balaban J connectivity index is 1.43. The van der Waals surface area contributed by atoms with Gasteiger partial charge in [-0.25, -0.2) is 0 Å². The van der Waals surface area contributed by atoms with E-state index in [9.17, 15) is 19.2 Å². The number of imide groups is 1. The van der Waals surface area contributed by atoms with Gasteiger partial charge in [0.2, 0.25) is 11.8 Å². The maximum absolute atomic E-state index is 12.4. The molecule has 4 amide bonds. The van der Waals surface area contributed by atoms with Crippen molar-refractivity contribution < 1.29 is 23.9 Å². The highest BCUT2D eigenvalue weighted by Crippen LogP contribution is 2.24. The number of hydrogen-bond donors (Lipinski definition) is 2. The number of methoxy groups -OCH3 is 1. The lowest BCUT2D eigenvalue weighted by Gasteiger charge is -2.33. The average molecular weight is 417 g/mol. The largest absolute Gasteiger partial charge is 0.383 e. The molecule has 10 nitrogen and oxygen atoms in total. The second-order valence-electron chi connectivity index (χ2n) is 7.37. The van der Waals surface area contributed by atoms with E-state index in [1.807, 2.05) is 4.90 Å². The van der Waals surface area contributed by atoms with Crippen molar-refractivity contribution in [2.75, 3.05) is 71.9 Å². The third-order valence-corrected chi connectivity index (χ3v) is 5.20. The summed E-state index contributed by atoms with van der Waals surface area (Å²) in [5.74, 6) is -0.925. The topological polar surface area (TPSA) is 111 Å². The molecule has 0 unspecified atom stereocenters. The first-order chi connectivity index (χ1) is 14.4. The Morgan fingerprint density at radius 3 is 2.20 bits per heavy atom. The number of nitrogens with one attached hydrogen (secondary N) is 2. The fourth-order valence-corrected chi connectivity index (χ4v) is 3.50. The standard InChI is InChI=1S/C20H27N5O5/c1-23-19(28)15-4-3-14(11-16(15)20(23)29)22-18(27)13-25-8-6-24(7-9-25)12-17(26)21-5-10-30-2/h3-4,11H,5-10,12-13H2,1-2H3,(H,21,26)(H,22,27). The Morgan fingerprint density at radius 2 is 1.57 bits per heavy atom. The first kappa shape index (κ1) is 21.9. The molecule has 2 aliphatic heterocycles. The van der Waals surface area contributed by atoms with E-state index < -0.39 is 0 Å². The van der Waals surface area contributed by atoms with Crippen LogP contribution in [-0.2, 0) is 14.3 Å². The summed E-state index contributed by atoms with van der Waals surface area (Å²) in [5, 5.41) is 5.59. The number of nitrogens with zero attached hydrogens (tertiary/aromatic N) is 3. The van der Waals surface area contributed by atoms with Crippen molar-refractivity contribution >= 4 is 29.3 Å². The molecule has 0 radical (unpaired) electrons. The minimum absolute atomic E-state index is 0.0338. The van der Waals surface area contributed by atoms with Gasteiger partial charge in [0, 0.05) is 52.6 Å². The van der Waals surface area contributed by atoms with Gasteiger partial charge in [0.15, 0.2) is 0 Å². The lowest BCUT2D eigenvalue weighted by Crippen LogP contribution is -2.51. The number of fused-ring (bicyclic) bond motifs is 1. The zero-order valence-electron chi connectivity index (χ0n) is 17.3. The monoisotopic (exact) mass is 417 g/mol. The van der Waals surface area contributed by atoms with Gasteiger partial charge in [-0.3, -0.25) is 33.9 Å². The van der Waals surface area contributed by atoms with Crippen molar-refractivity contribution in [3.05, 3.63) is 29.3 Å². The van der Waals surface area contributed by atoms with Crippen LogP contribution in [0.3, 0.4) is 0 Å². The van der Waals surface area contributed by atoms with E-state index in [0.717, 1.165) is 4.90 Å². The van der Waals surface area contributed by atoms with Gasteiger partial charge < -0.3 is 15.4 Å². The van der Waals surface area contributed by atoms with Crippen molar-refractivity contribution in [1.82, 2.24) is 20.0 Å². The molecule has 1 aromatic rings. The summed E-state index contributed by atoms with van der Waals surface area (Å²) >= 11 is 0. The van der Waals surface area contributed by atoms with Gasteiger partial charge in [0.05, 0.1) is 30.8 Å². The van der Waals surface area contributed by atoms with Gasteiger partial charge in [-0.1, -0.05) is 0 Å². The molecule has 2 heterocycles. The maximum atomic E-state index is 12.4. The number of ether oxygens (including phenoxy) is 1. The van der Waals surface area contributed by atoms with Crippen LogP contribution >= 0.6 is 0 Å². The Bertz CT molecular complexity index is 835. The van der Waals surface area contributed by atoms with Crippen LogP contribution in [0.4, 0.5) is 5.69 Å². The van der Waals surface area contributed by atoms with Crippen molar-refractivity contribution in [3.63, 3.8) is 0 Å². The molecular weight excluding hydrogens is 390 g/mol. The Morgan fingerprint density at radius 1 is 0.967 bits per heavy atom. The normalized spacial score (nSPS) is 17.2. The summed E-state index contributed by atoms with van der Waals surface area (Å²) in [6.45, 7) is 4.30. The van der Waals surface area contributed by atoms with Crippen molar-refractivity contribution in [3.8, 4) is 0 Å². The highest BCUT2D eigenvalue weighted by atomic mass is 16.5. The van der Waals surface area contributed by atoms with Gasteiger partial charge >= 0.3 is 0 Å². The number of amides is 4. The summed E-state index contributed by atoms with van der Waals surface area (Å²) in [6, 6.07) is 4.73. The van der Waals surface area contributed by atoms with Gasteiger partial charge in [0.25, 0.3) is 11.8 Å². The highest BCUT2D eigenvalue weighted by Gasteiger charge is 2.32. The highest BCUT2D eigenvalue weighted by molar-refractivity contribution is 6.21. The number of rotatable bonds is 8. The second kappa shape index (κ2) is 9.79. The summed E-state index contributed by atoms with van der Waals surface area (Å²) in [5.41, 5.74) is 1.14. The SMILES string of the molecule is COCCNC(=O)CN1CCN(CC(=O)Nc2ccc3c(c2)C(=O)N(C)C3=O)CC1. The number of benzene rings is 1. The first-order valence-electron chi connectivity index (χ1n) is 9.85.